The first kappa shape index (κ1) is 18.4. The summed E-state index contributed by atoms with van der Waals surface area (Å²) >= 11 is 0. The van der Waals surface area contributed by atoms with Crippen LogP contribution in [0.3, 0.4) is 0 Å². The van der Waals surface area contributed by atoms with Crippen LogP contribution in [0, 0.1) is 5.92 Å². The van der Waals surface area contributed by atoms with Crippen molar-refractivity contribution in [3.8, 4) is 17.2 Å². The van der Waals surface area contributed by atoms with Crippen LogP contribution in [-0.2, 0) is 4.74 Å². The average molecular weight is 337 g/mol. The number of rotatable bonds is 6. The minimum absolute atomic E-state index is 0.251. The second kappa shape index (κ2) is 7.75. The lowest BCUT2D eigenvalue weighted by Gasteiger charge is -2.36. The second-order valence-electron chi connectivity index (χ2n) is 6.40. The Labute approximate surface area is 143 Å². The standard InChI is InChI=1S/C18H27NO5/c1-18(2,12-8-10-19-11-9-12)24-17(20)15-13(21-3)6-7-14(22-4)16(15)23-5/h6-7,12,19H,8-11H2,1-5H3. The van der Waals surface area contributed by atoms with Gasteiger partial charge in [-0.1, -0.05) is 0 Å². The third kappa shape index (κ3) is 3.75. The second-order valence-corrected chi connectivity index (χ2v) is 6.40. The van der Waals surface area contributed by atoms with E-state index in [9.17, 15) is 4.79 Å². The van der Waals surface area contributed by atoms with Crippen LogP contribution in [0.5, 0.6) is 17.2 Å². The van der Waals surface area contributed by atoms with E-state index < -0.39 is 11.6 Å². The molecule has 0 aromatic heterocycles. The molecule has 1 aliphatic rings. The number of hydrogen-bond acceptors (Lipinski definition) is 6. The molecule has 134 valence electrons. The third-order valence-electron chi connectivity index (χ3n) is 4.61. The maximum absolute atomic E-state index is 12.9. The molecule has 1 heterocycles. The molecule has 0 saturated carbocycles. The molecule has 0 unspecified atom stereocenters. The summed E-state index contributed by atoms with van der Waals surface area (Å²) in [6.45, 7) is 5.80. The van der Waals surface area contributed by atoms with E-state index in [4.69, 9.17) is 18.9 Å². The van der Waals surface area contributed by atoms with E-state index in [2.05, 4.69) is 5.32 Å². The van der Waals surface area contributed by atoms with E-state index >= 15 is 0 Å². The van der Waals surface area contributed by atoms with Crippen molar-refractivity contribution >= 4 is 5.97 Å². The van der Waals surface area contributed by atoms with Crippen molar-refractivity contribution in [2.24, 2.45) is 5.92 Å². The number of piperidine rings is 1. The van der Waals surface area contributed by atoms with Gasteiger partial charge in [0.2, 0.25) is 0 Å². The average Bonchev–Trinajstić information content (AvgIpc) is 2.60. The third-order valence-corrected chi connectivity index (χ3v) is 4.61. The molecule has 0 aliphatic carbocycles. The quantitative estimate of drug-likeness (QED) is 0.805. The lowest BCUT2D eigenvalue weighted by molar-refractivity contribution is -0.0372. The minimum atomic E-state index is -0.571. The molecule has 0 amide bonds. The van der Waals surface area contributed by atoms with Gasteiger partial charge in [-0.05, 0) is 51.9 Å². The van der Waals surface area contributed by atoms with Gasteiger partial charge in [0.1, 0.15) is 16.9 Å². The van der Waals surface area contributed by atoms with Crippen LogP contribution < -0.4 is 19.5 Å². The Kier molecular flexibility index (Phi) is 5.94. The summed E-state index contributed by atoms with van der Waals surface area (Å²) < 4.78 is 21.8. The normalized spacial score (nSPS) is 15.7. The van der Waals surface area contributed by atoms with Gasteiger partial charge in [-0.15, -0.1) is 0 Å². The highest BCUT2D eigenvalue weighted by Crippen LogP contribution is 2.39. The van der Waals surface area contributed by atoms with E-state index in [0.29, 0.717) is 23.2 Å². The zero-order valence-electron chi connectivity index (χ0n) is 15.1. The van der Waals surface area contributed by atoms with Crippen LogP contribution in [0.4, 0.5) is 0 Å². The Morgan fingerprint density at radius 2 is 1.62 bits per heavy atom. The summed E-state index contributed by atoms with van der Waals surface area (Å²) in [4.78, 5) is 12.9. The van der Waals surface area contributed by atoms with Crippen molar-refractivity contribution < 1.29 is 23.7 Å². The van der Waals surface area contributed by atoms with E-state index in [0.717, 1.165) is 25.9 Å². The Balaban J connectivity index is 2.31. The first-order valence-electron chi connectivity index (χ1n) is 8.17. The van der Waals surface area contributed by atoms with Gasteiger partial charge < -0.3 is 24.3 Å². The Hall–Kier alpha value is -1.95. The first-order valence-corrected chi connectivity index (χ1v) is 8.17. The maximum atomic E-state index is 12.9. The SMILES string of the molecule is COc1ccc(OC)c(C(=O)OC(C)(C)C2CCNCC2)c1OC. The van der Waals surface area contributed by atoms with E-state index in [-0.39, 0.29) is 5.56 Å². The summed E-state index contributed by atoms with van der Waals surface area (Å²) in [5.74, 6) is 1.03. The topological polar surface area (TPSA) is 66.0 Å². The fourth-order valence-corrected chi connectivity index (χ4v) is 3.16. The van der Waals surface area contributed by atoms with Crippen LogP contribution in [0.2, 0.25) is 0 Å². The molecular formula is C18H27NO5. The van der Waals surface area contributed by atoms with Gasteiger partial charge in [-0.3, -0.25) is 0 Å². The number of nitrogens with one attached hydrogen (secondary N) is 1. The smallest absolute Gasteiger partial charge is 0.346 e. The number of carbonyl (C=O) groups excluding carboxylic acids is 1. The van der Waals surface area contributed by atoms with Crippen LogP contribution in [0.1, 0.15) is 37.0 Å². The maximum Gasteiger partial charge on any atom is 0.346 e. The van der Waals surface area contributed by atoms with Crippen molar-refractivity contribution in [2.75, 3.05) is 34.4 Å². The van der Waals surface area contributed by atoms with Gasteiger partial charge in [-0.25, -0.2) is 4.79 Å². The number of esters is 1. The van der Waals surface area contributed by atoms with Crippen LogP contribution in [0.15, 0.2) is 12.1 Å². The Morgan fingerprint density at radius 1 is 1.04 bits per heavy atom. The lowest BCUT2D eigenvalue weighted by atomic mass is 9.83. The number of ether oxygens (including phenoxy) is 4. The number of benzene rings is 1. The molecule has 0 bridgehead atoms. The van der Waals surface area contributed by atoms with E-state index in [1.807, 2.05) is 13.8 Å². The Bertz CT molecular complexity index is 579. The summed E-state index contributed by atoms with van der Waals surface area (Å²) in [5.41, 5.74) is -0.320. The van der Waals surface area contributed by atoms with Crippen molar-refractivity contribution in [1.82, 2.24) is 5.32 Å². The molecule has 1 aromatic carbocycles. The van der Waals surface area contributed by atoms with Gasteiger partial charge in [0.05, 0.1) is 21.3 Å². The van der Waals surface area contributed by atoms with Crippen LogP contribution >= 0.6 is 0 Å². The molecule has 0 radical (unpaired) electrons. The summed E-state index contributed by atoms with van der Waals surface area (Å²) in [7, 11) is 4.53. The Morgan fingerprint density at radius 3 is 2.17 bits per heavy atom. The number of carbonyl (C=O) groups is 1. The largest absolute Gasteiger partial charge is 0.496 e. The number of hydrogen-bond donors (Lipinski definition) is 1. The van der Waals surface area contributed by atoms with E-state index in [1.165, 1.54) is 21.3 Å². The van der Waals surface area contributed by atoms with Crippen molar-refractivity contribution in [3.05, 3.63) is 17.7 Å². The predicted molar refractivity (Wildman–Crippen MR) is 91.2 cm³/mol. The van der Waals surface area contributed by atoms with Gasteiger partial charge in [0, 0.05) is 5.92 Å². The molecule has 24 heavy (non-hydrogen) atoms. The van der Waals surface area contributed by atoms with Gasteiger partial charge in [-0.2, -0.15) is 0 Å². The van der Waals surface area contributed by atoms with Crippen LogP contribution in [0.25, 0.3) is 0 Å². The summed E-state index contributed by atoms with van der Waals surface area (Å²) in [6, 6.07) is 3.38. The van der Waals surface area contributed by atoms with Gasteiger partial charge >= 0.3 is 5.97 Å². The molecule has 0 spiro atoms. The molecular weight excluding hydrogens is 310 g/mol. The molecule has 6 nitrogen and oxygen atoms in total. The molecule has 1 N–H and O–H groups in total. The van der Waals surface area contributed by atoms with Crippen molar-refractivity contribution in [2.45, 2.75) is 32.3 Å². The molecule has 2 rings (SSSR count). The molecule has 1 saturated heterocycles. The molecule has 1 aliphatic heterocycles. The predicted octanol–water partition coefficient (Wildman–Crippen LogP) is 2.65. The van der Waals surface area contributed by atoms with Crippen LogP contribution in [-0.4, -0.2) is 46.0 Å². The fourth-order valence-electron chi connectivity index (χ4n) is 3.16. The monoisotopic (exact) mass is 337 g/mol. The molecule has 6 heteroatoms. The molecule has 1 fully saturated rings. The minimum Gasteiger partial charge on any atom is -0.496 e. The summed E-state index contributed by atoms with van der Waals surface area (Å²) in [6.07, 6.45) is 1.96. The van der Waals surface area contributed by atoms with Gasteiger partial charge in [0.15, 0.2) is 11.5 Å². The lowest BCUT2D eigenvalue weighted by Crippen LogP contribution is -2.42. The summed E-state index contributed by atoms with van der Waals surface area (Å²) in [5, 5.41) is 3.33. The van der Waals surface area contributed by atoms with E-state index in [1.54, 1.807) is 12.1 Å². The highest BCUT2D eigenvalue weighted by Gasteiger charge is 2.36. The van der Waals surface area contributed by atoms with Crippen molar-refractivity contribution in [1.29, 1.82) is 0 Å². The molecule has 1 aromatic rings. The number of methoxy groups -OCH3 is 3. The van der Waals surface area contributed by atoms with Gasteiger partial charge in [0.25, 0.3) is 0 Å². The molecule has 0 atom stereocenters. The zero-order chi connectivity index (χ0) is 17.7. The highest BCUT2D eigenvalue weighted by atomic mass is 16.6. The van der Waals surface area contributed by atoms with Crippen molar-refractivity contribution in [3.63, 3.8) is 0 Å². The highest BCUT2D eigenvalue weighted by molar-refractivity contribution is 5.97. The first-order chi connectivity index (χ1) is 11.4. The fraction of sp³-hybridized carbons (Fsp3) is 0.611. The zero-order valence-corrected chi connectivity index (χ0v) is 15.1.